The average Bonchev–Trinajstić information content (AvgIpc) is 3.42. The van der Waals surface area contributed by atoms with Crippen LogP contribution in [0.15, 0.2) is 41.0 Å². The number of carbonyl (C=O) groups excluding carboxylic acids is 4. The highest BCUT2D eigenvalue weighted by molar-refractivity contribution is 6.22. The highest BCUT2D eigenvalue weighted by Crippen LogP contribution is 2.28. The Labute approximate surface area is 192 Å². The first-order valence-electron chi connectivity index (χ1n) is 11.5. The number of imide groups is 1. The zero-order chi connectivity index (χ0) is 23.5. The van der Waals surface area contributed by atoms with Gasteiger partial charge in [0.1, 0.15) is 5.76 Å². The highest BCUT2D eigenvalue weighted by atomic mass is 16.3. The maximum atomic E-state index is 13.3. The van der Waals surface area contributed by atoms with Crippen molar-refractivity contribution in [2.24, 2.45) is 5.92 Å². The lowest BCUT2D eigenvalue weighted by Gasteiger charge is -2.37. The van der Waals surface area contributed by atoms with E-state index in [9.17, 15) is 19.2 Å². The third kappa shape index (κ3) is 4.55. The lowest BCUT2D eigenvalue weighted by Crippen LogP contribution is -2.49. The number of carbonyl (C=O) groups is 4. The lowest BCUT2D eigenvalue weighted by molar-refractivity contribution is -0.126. The maximum Gasteiger partial charge on any atom is 0.261 e. The van der Waals surface area contributed by atoms with Crippen molar-refractivity contribution in [2.75, 3.05) is 13.1 Å². The number of nitrogens with one attached hydrogen (secondary N) is 1. The number of furan rings is 1. The molecule has 3 heterocycles. The van der Waals surface area contributed by atoms with Gasteiger partial charge in [0.2, 0.25) is 5.91 Å². The van der Waals surface area contributed by atoms with Crippen molar-refractivity contribution in [1.29, 1.82) is 0 Å². The quantitative estimate of drug-likeness (QED) is 0.515. The highest BCUT2D eigenvalue weighted by Gasteiger charge is 2.38. The van der Waals surface area contributed by atoms with Crippen molar-refractivity contribution in [2.45, 2.75) is 52.1 Å². The first kappa shape index (κ1) is 22.8. The van der Waals surface area contributed by atoms with Gasteiger partial charge >= 0.3 is 0 Å². The summed E-state index contributed by atoms with van der Waals surface area (Å²) in [7, 11) is 0. The van der Waals surface area contributed by atoms with Gasteiger partial charge in [0, 0.05) is 24.7 Å². The molecule has 33 heavy (non-hydrogen) atoms. The van der Waals surface area contributed by atoms with E-state index in [0.29, 0.717) is 24.4 Å². The Morgan fingerprint density at radius 2 is 1.91 bits per heavy atom. The van der Waals surface area contributed by atoms with E-state index in [1.165, 1.54) is 18.4 Å². The number of piperidine rings is 1. The number of fused-ring (bicyclic) bond motifs is 1. The standard InChI is InChI=1S/C25H29N3O5/c1-3-4-11-26-22(29)18-8-7-16(2)27(14-18)23(30)17-9-10-20-21(13-17)25(32)28(24(20)31)15-19-6-5-12-33-19/h5-6,9-10,12-13,16,18H,3-4,7-8,11,14-15H2,1-2H3,(H,26,29). The molecule has 2 aromatic rings. The van der Waals surface area contributed by atoms with Crippen LogP contribution in [0.5, 0.6) is 0 Å². The summed E-state index contributed by atoms with van der Waals surface area (Å²) >= 11 is 0. The van der Waals surface area contributed by atoms with Gasteiger partial charge in [0.15, 0.2) is 0 Å². The van der Waals surface area contributed by atoms with Gasteiger partial charge in [-0.2, -0.15) is 0 Å². The Balaban J connectivity index is 1.49. The molecule has 2 aliphatic heterocycles. The Morgan fingerprint density at radius 3 is 2.64 bits per heavy atom. The molecule has 2 atom stereocenters. The molecule has 1 saturated heterocycles. The number of hydrogen-bond donors (Lipinski definition) is 1. The molecule has 1 fully saturated rings. The molecule has 0 saturated carbocycles. The van der Waals surface area contributed by atoms with E-state index in [4.69, 9.17) is 4.42 Å². The number of rotatable bonds is 7. The fourth-order valence-corrected chi connectivity index (χ4v) is 4.43. The van der Waals surface area contributed by atoms with E-state index in [1.54, 1.807) is 23.1 Å². The maximum absolute atomic E-state index is 13.3. The molecule has 1 aromatic carbocycles. The Kier molecular flexibility index (Phi) is 6.62. The van der Waals surface area contributed by atoms with Crippen LogP contribution in [0.1, 0.15) is 76.4 Å². The van der Waals surface area contributed by atoms with E-state index >= 15 is 0 Å². The lowest BCUT2D eigenvalue weighted by atomic mass is 9.91. The first-order chi connectivity index (χ1) is 15.9. The third-order valence-corrected chi connectivity index (χ3v) is 6.45. The second kappa shape index (κ2) is 9.60. The van der Waals surface area contributed by atoms with Crippen LogP contribution in [0.4, 0.5) is 0 Å². The molecule has 1 N–H and O–H groups in total. The molecular formula is C25H29N3O5. The second-order valence-corrected chi connectivity index (χ2v) is 8.76. The first-order valence-corrected chi connectivity index (χ1v) is 11.5. The zero-order valence-electron chi connectivity index (χ0n) is 19.0. The molecule has 0 aliphatic carbocycles. The van der Waals surface area contributed by atoms with Crippen molar-refractivity contribution in [3.8, 4) is 0 Å². The van der Waals surface area contributed by atoms with Gasteiger partial charge in [-0.15, -0.1) is 0 Å². The van der Waals surface area contributed by atoms with Gasteiger partial charge in [-0.3, -0.25) is 24.1 Å². The van der Waals surface area contributed by atoms with Gasteiger partial charge in [-0.05, 0) is 56.5 Å². The molecule has 8 heteroatoms. The van der Waals surface area contributed by atoms with Crippen LogP contribution in [0.25, 0.3) is 0 Å². The number of amides is 4. The predicted molar refractivity (Wildman–Crippen MR) is 120 cm³/mol. The van der Waals surface area contributed by atoms with Crippen LogP contribution in [0, 0.1) is 5.92 Å². The average molecular weight is 452 g/mol. The SMILES string of the molecule is CCCCNC(=O)C1CCC(C)N(C(=O)c2ccc3c(c2)C(=O)N(Cc2ccco2)C3=O)C1. The number of hydrogen-bond acceptors (Lipinski definition) is 5. The summed E-state index contributed by atoms with van der Waals surface area (Å²) in [5.41, 5.74) is 0.840. The molecule has 2 aliphatic rings. The topological polar surface area (TPSA) is 99.9 Å². The van der Waals surface area contributed by atoms with E-state index in [-0.39, 0.29) is 41.4 Å². The van der Waals surface area contributed by atoms with Crippen LogP contribution >= 0.6 is 0 Å². The fraction of sp³-hybridized carbons (Fsp3) is 0.440. The summed E-state index contributed by atoms with van der Waals surface area (Å²) in [6.45, 7) is 5.06. The van der Waals surface area contributed by atoms with Crippen molar-refractivity contribution < 1.29 is 23.6 Å². The van der Waals surface area contributed by atoms with Gasteiger partial charge in [-0.25, -0.2) is 0 Å². The Morgan fingerprint density at radius 1 is 1.12 bits per heavy atom. The molecule has 8 nitrogen and oxygen atoms in total. The molecule has 4 amide bonds. The molecule has 174 valence electrons. The molecule has 1 aromatic heterocycles. The van der Waals surface area contributed by atoms with Gasteiger partial charge in [0.25, 0.3) is 17.7 Å². The summed E-state index contributed by atoms with van der Waals surface area (Å²) in [6.07, 6.45) is 4.89. The molecule has 4 rings (SSSR count). The molecule has 2 unspecified atom stereocenters. The smallest absolute Gasteiger partial charge is 0.261 e. The largest absolute Gasteiger partial charge is 0.467 e. The second-order valence-electron chi connectivity index (χ2n) is 8.76. The number of likely N-dealkylation sites (tertiary alicyclic amines) is 1. The number of nitrogens with zero attached hydrogens (tertiary/aromatic N) is 2. The van der Waals surface area contributed by atoms with Crippen molar-refractivity contribution in [3.63, 3.8) is 0 Å². The van der Waals surface area contributed by atoms with Gasteiger partial charge in [-0.1, -0.05) is 13.3 Å². The van der Waals surface area contributed by atoms with E-state index < -0.39 is 11.8 Å². The zero-order valence-corrected chi connectivity index (χ0v) is 19.0. The van der Waals surface area contributed by atoms with Crippen LogP contribution < -0.4 is 5.32 Å². The van der Waals surface area contributed by atoms with Gasteiger partial charge < -0.3 is 14.6 Å². The molecule has 0 bridgehead atoms. The third-order valence-electron chi connectivity index (χ3n) is 6.45. The number of unbranched alkanes of at least 4 members (excludes halogenated alkanes) is 1. The minimum Gasteiger partial charge on any atom is -0.467 e. The minimum atomic E-state index is -0.444. The summed E-state index contributed by atoms with van der Waals surface area (Å²) in [6, 6.07) is 8.00. The minimum absolute atomic E-state index is 0.0155. The van der Waals surface area contributed by atoms with E-state index in [0.717, 1.165) is 30.6 Å². The normalized spacial score (nSPS) is 20.2. The summed E-state index contributed by atoms with van der Waals surface area (Å²) in [4.78, 5) is 54.3. The number of benzene rings is 1. The van der Waals surface area contributed by atoms with Crippen LogP contribution in [0.3, 0.4) is 0 Å². The van der Waals surface area contributed by atoms with Crippen LogP contribution in [-0.2, 0) is 11.3 Å². The fourth-order valence-electron chi connectivity index (χ4n) is 4.43. The Hall–Kier alpha value is -3.42. The van der Waals surface area contributed by atoms with Crippen LogP contribution in [0.2, 0.25) is 0 Å². The van der Waals surface area contributed by atoms with Crippen LogP contribution in [-0.4, -0.2) is 52.6 Å². The molecule has 0 spiro atoms. The van der Waals surface area contributed by atoms with Gasteiger partial charge in [0.05, 0.1) is 29.9 Å². The molecular weight excluding hydrogens is 422 g/mol. The summed E-state index contributed by atoms with van der Waals surface area (Å²) in [5, 5.41) is 2.96. The van der Waals surface area contributed by atoms with E-state index in [1.807, 2.05) is 6.92 Å². The van der Waals surface area contributed by atoms with Crippen molar-refractivity contribution in [3.05, 3.63) is 59.0 Å². The van der Waals surface area contributed by atoms with Crippen molar-refractivity contribution >= 4 is 23.6 Å². The molecule has 0 radical (unpaired) electrons. The predicted octanol–water partition coefficient (Wildman–Crippen LogP) is 3.23. The summed E-state index contributed by atoms with van der Waals surface area (Å²) in [5.74, 6) is -0.839. The Bertz CT molecular complexity index is 1060. The summed E-state index contributed by atoms with van der Waals surface area (Å²) < 4.78 is 5.26. The monoisotopic (exact) mass is 451 g/mol. The van der Waals surface area contributed by atoms with Crippen molar-refractivity contribution in [1.82, 2.24) is 15.1 Å². The van der Waals surface area contributed by atoms with E-state index in [2.05, 4.69) is 12.2 Å².